The van der Waals surface area contributed by atoms with Crippen molar-refractivity contribution in [3.8, 4) is 5.75 Å². The molecule has 12 heteroatoms. The van der Waals surface area contributed by atoms with Gasteiger partial charge in [0.15, 0.2) is 5.75 Å². The predicted octanol–water partition coefficient (Wildman–Crippen LogP) is 1.26. The molecule has 1 atom stereocenters. The van der Waals surface area contributed by atoms with Crippen molar-refractivity contribution in [2.24, 2.45) is 5.14 Å². The summed E-state index contributed by atoms with van der Waals surface area (Å²) in [6.07, 6.45) is -0.538. The van der Waals surface area contributed by atoms with Gasteiger partial charge >= 0.3 is 11.8 Å². The maximum Gasteiger partial charge on any atom is 0.410 e. The zero-order valence-corrected chi connectivity index (χ0v) is 16.6. The highest BCUT2D eigenvalue weighted by Gasteiger charge is 2.32. The first kappa shape index (κ1) is 21.9. The second kappa shape index (κ2) is 8.29. The van der Waals surface area contributed by atoms with Crippen LogP contribution in [-0.4, -0.2) is 62.3 Å². The minimum absolute atomic E-state index is 0.102. The average molecular weight is 417 g/mol. The SMILES string of the molecule is CC(C)(C)OC(=O)N1CCOCC1COc1ccc(S(N)(=O)=O)cc1[N+](=O)[O-]. The molecule has 2 rings (SSSR count). The lowest BCUT2D eigenvalue weighted by Crippen LogP contribution is -2.52. The average Bonchev–Trinajstić information content (AvgIpc) is 2.57. The van der Waals surface area contributed by atoms with Crippen LogP contribution >= 0.6 is 0 Å². The zero-order valence-electron chi connectivity index (χ0n) is 15.8. The highest BCUT2D eigenvalue weighted by Crippen LogP contribution is 2.30. The number of carbonyl (C=O) groups is 1. The normalized spacial score (nSPS) is 17.9. The Balaban J connectivity index is 2.17. The molecule has 0 radical (unpaired) electrons. The van der Waals surface area contributed by atoms with Crippen molar-refractivity contribution in [2.45, 2.75) is 37.3 Å². The highest BCUT2D eigenvalue weighted by molar-refractivity contribution is 7.89. The van der Waals surface area contributed by atoms with Gasteiger partial charge in [0, 0.05) is 12.6 Å². The molecule has 0 bridgehead atoms. The fourth-order valence-corrected chi connectivity index (χ4v) is 3.01. The number of primary sulfonamides is 1. The maximum atomic E-state index is 12.4. The number of ether oxygens (including phenoxy) is 3. The van der Waals surface area contributed by atoms with Crippen LogP contribution in [0.3, 0.4) is 0 Å². The van der Waals surface area contributed by atoms with Crippen molar-refractivity contribution in [3.05, 3.63) is 28.3 Å². The summed E-state index contributed by atoms with van der Waals surface area (Å²) in [4.78, 5) is 23.9. The number of rotatable bonds is 5. The number of nitro benzene ring substituents is 1. The van der Waals surface area contributed by atoms with Gasteiger partial charge in [0.05, 0.1) is 29.1 Å². The lowest BCUT2D eigenvalue weighted by Gasteiger charge is -2.36. The third-order valence-corrected chi connectivity index (χ3v) is 4.65. The number of nitrogens with zero attached hydrogens (tertiary/aromatic N) is 2. The number of morpholine rings is 1. The number of benzene rings is 1. The van der Waals surface area contributed by atoms with Crippen LogP contribution in [0.1, 0.15) is 20.8 Å². The standard InChI is InChI=1S/C16H23N3O8S/c1-16(2,3)27-15(20)18-6-7-25-9-11(18)10-26-14-5-4-12(28(17,23)24)8-13(14)19(21)22/h4-5,8,11H,6-7,9-10H2,1-3H3,(H2,17,23,24). The van der Waals surface area contributed by atoms with Crippen molar-refractivity contribution in [1.82, 2.24) is 4.90 Å². The molecule has 0 aliphatic carbocycles. The Morgan fingerprint density at radius 1 is 1.43 bits per heavy atom. The van der Waals surface area contributed by atoms with Gasteiger partial charge in [-0.3, -0.25) is 15.0 Å². The number of amides is 1. The molecule has 1 amide bonds. The summed E-state index contributed by atoms with van der Waals surface area (Å²) in [6.45, 7) is 5.92. The summed E-state index contributed by atoms with van der Waals surface area (Å²) in [5.74, 6) is -0.146. The van der Waals surface area contributed by atoms with Gasteiger partial charge in [0.1, 0.15) is 12.2 Å². The molecule has 28 heavy (non-hydrogen) atoms. The third kappa shape index (κ3) is 5.78. The number of hydrogen-bond acceptors (Lipinski definition) is 8. The summed E-state index contributed by atoms with van der Waals surface area (Å²) < 4.78 is 39.0. The molecule has 156 valence electrons. The topological polar surface area (TPSA) is 151 Å². The molecule has 1 aliphatic rings. The quantitative estimate of drug-likeness (QED) is 0.555. The van der Waals surface area contributed by atoms with E-state index in [0.717, 1.165) is 18.2 Å². The zero-order chi connectivity index (χ0) is 21.1. The summed E-state index contributed by atoms with van der Waals surface area (Å²) >= 11 is 0. The van der Waals surface area contributed by atoms with E-state index in [1.807, 2.05) is 0 Å². The fraction of sp³-hybridized carbons (Fsp3) is 0.562. The second-order valence-electron chi connectivity index (χ2n) is 7.15. The molecule has 0 aromatic heterocycles. The van der Waals surface area contributed by atoms with Gasteiger partial charge in [-0.15, -0.1) is 0 Å². The van der Waals surface area contributed by atoms with Crippen molar-refractivity contribution >= 4 is 21.8 Å². The summed E-state index contributed by atoms with van der Waals surface area (Å²) in [5, 5.41) is 16.3. The van der Waals surface area contributed by atoms with E-state index in [1.165, 1.54) is 4.90 Å². The van der Waals surface area contributed by atoms with Gasteiger partial charge in [-0.25, -0.2) is 18.4 Å². The van der Waals surface area contributed by atoms with Crippen LogP contribution < -0.4 is 9.88 Å². The molecule has 0 spiro atoms. The summed E-state index contributed by atoms with van der Waals surface area (Å²) in [5.41, 5.74) is -1.23. The minimum atomic E-state index is -4.10. The lowest BCUT2D eigenvalue weighted by atomic mass is 10.2. The monoisotopic (exact) mass is 417 g/mol. The van der Waals surface area contributed by atoms with Crippen LogP contribution in [0, 0.1) is 10.1 Å². The number of sulfonamides is 1. The van der Waals surface area contributed by atoms with Crippen LogP contribution in [-0.2, 0) is 19.5 Å². The minimum Gasteiger partial charge on any atom is -0.485 e. The van der Waals surface area contributed by atoms with Crippen molar-refractivity contribution < 1.29 is 32.3 Å². The maximum absolute atomic E-state index is 12.4. The number of hydrogen-bond donors (Lipinski definition) is 1. The van der Waals surface area contributed by atoms with E-state index in [4.69, 9.17) is 19.3 Å². The molecule has 11 nitrogen and oxygen atoms in total. The second-order valence-corrected chi connectivity index (χ2v) is 8.71. The van der Waals surface area contributed by atoms with Gasteiger partial charge in [-0.2, -0.15) is 0 Å². The Morgan fingerprint density at radius 3 is 2.68 bits per heavy atom. The molecule has 1 aromatic carbocycles. The Hall–Kier alpha value is -2.44. The molecule has 1 aliphatic heterocycles. The third-order valence-electron chi connectivity index (χ3n) is 3.74. The number of nitro groups is 1. The van der Waals surface area contributed by atoms with E-state index in [9.17, 15) is 23.3 Å². The van der Waals surface area contributed by atoms with Gasteiger partial charge < -0.3 is 14.2 Å². The Kier molecular flexibility index (Phi) is 6.47. The number of carbonyl (C=O) groups excluding carboxylic acids is 1. The van der Waals surface area contributed by atoms with Crippen LogP contribution in [0.25, 0.3) is 0 Å². The molecular weight excluding hydrogens is 394 g/mol. The lowest BCUT2D eigenvalue weighted by molar-refractivity contribution is -0.386. The van der Waals surface area contributed by atoms with Gasteiger partial charge in [0.2, 0.25) is 10.0 Å². The Labute approximate surface area is 162 Å². The van der Waals surface area contributed by atoms with Gasteiger partial charge in [0.25, 0.3) is 0 Å². The molecular formula is C16H23N3O8S. The van der Waals surface area contributed by atoms with Crippen LogP contribution in [0.2, 0.25) is 0 Å². The first-order valence-corrected chi connectivity index (χ1v) is 9.94. The van der Waals surface area contributed by atoms with Crippen molar-refractivity contribution in [3.63, 3.8) is 0 Å². The van der Waals surface area contributed by atoms with E-state index in [0.29, 0.717) is 6.61 Å². The van der Waals surface area contributed by atoms with Gasteiger partial charge in [-0.05, 0) is 32.9 Å². The van der Waals surface area contributed by atoms with E-state index < -0.39 is 43.3 Å². The number of nitrogens with two attached hydrogens (primary N) is 1. The van der Waals surface area contributed by atoms with Crippen LogP contribution in [0.15, 0.2) is 23.1 Å². The Bertz CT molecular complexity index is 850. The molecule has 1 unspecified atom stereocenters. The first-order chi connectivity index (χ1) is 12.9. The molecule has 1 fully saturated rings. The molecule has 2 N–H and O–H groups in total. The molecule has 1 saturated heterocycles. The Morgan fingerprint density at radius 2 is 2.11 bits per heavy atom. The van der Waals surface area contributed by atoms with E-state index >= 15 is 0 Å². The van der Waals surface area contributed by atoms with E-state index in [2.05, 4.69) is 0 Å². The van der Waals surface area contributed by atoms with Crippen LogP contribution in [0.5, 0.6) is 5.75 Å². The largest absolute Gasteiger partial charge is 0.485 e. The molecule has 0 saturated carbocycles. The summed E-state index contributed by atoms with van der Waals surface area (Å²) in [6, 6.07) is 2.56. The van der Waals surface area contributed by atoms with Gasteiger partial charge in [-0.1, -0.05) is 0 Å². The smallest absolute Gasteiger partial charge is 0.410 e. The summed E-state index contributed by atoms with van der Waals surface area (Å²) in [7, 11) is -4.10. The van der Waals surface area contributed by atoms with Crippen molar-refractivity contribution in [1.29, 1.82) is 0 Å². The fourth-order valence-electron chi connectivity index (χ4n) is 2.48. The van der Waals surface area contributed by atoms with Crippen LogP contribution in [0.4, 0.5) is 10.5 Å². The highest BCUT2D eigenvalue weighted by atomic mass is 32.2. The van der Waals surface area contributed by atoms with E-state index in [1.54, 1.807) is 20.8 Å². The van der Waals surface area contributed by atoms with E-state index in [-0.39, 0.29) is 25.5 Å². The predicted molar refractivity (Wildman–Crippen MR) is 97.5 cm³/mol. The first-order valence-electron chi connectivity index (χ1n) is 8.40. The molecule has 1 heterocycles. The molecule has 1 aromatic rings. The van der Waals surface area contributed by atoms with Crippen molar-refractivity contribution in [2.75, 3.05) is 26.4 Å².